The second-order valence-electron chi connectivity index (χ2n) is 7.62. The highest BCUT2D eigenvalue weighted by molar-refractivity contribution is 7.13. The average Bonchev–Trinajstić information content (AvgIpc) is 3.18. The Balaban J connectivity index is 1.62. The van der Waals surface area contributed by atoms with Gasteiger partial charge in [-0.2, -0.15) is 0 Å². The first-order chi connectivity index (χ1) is 15.2. The van der Waals surface area contributed by atoms with Gasteiger partial charge in [-0.1, -0.05) is 11.6 Å². The number of amides is 3. The lowest BCUT2D eigenvalue weighted by atomic mass is 10.2. The van der Waals surface area contributed by atoms with E-state index in [-0.39, 0.29) is 12.5 Å². The summed E-state index contributed by atoms with van der Waals surface area (Å²) >= 11 is 7.13. The number of carbonyl (C=O) groups excluding carboxylic acids is 3. The molecule has 0 aliphatic carbocycles. The van der Waals surface area contributed by atoms with Gasteiger partial charge in [-0.3, -0.25) is 19.4 Å². The first kappa shape index (κ1) is 23.8. The maximum Gasteiger partial charge on any atom is 0.280 e. The van der Waals surface area contributed by atoms with Crippen LogP contribution >= 0.6 is 22.9 Å². The Morgan fingerprint density at radius 3 is 2.81 bits per heavy atom. The minimum Gasteiger partial charge on any atom is -0.350 e. The third-order valence-electron chi connectivity index (χ3n) is 4.80. The van der Waals surface area contributed by atoms with Gasteiger partial charge >= 0.3 is 0 Å². The van der Waals surface area contributed by atoms with Crippen LogP contribution in [0.4, 0.5) is 0 Å². The molecule has 3 heterocycles. The minimum atomic E-state index is -0.924. The van der Waals surface area contributed by atoms with Crippen molar-refractivity contribution < 1.29 is 14.4 Å². The molecular formula is C21H25ClN6O3S. The third kappa shape index (κ3) is 6.35. The van der Waals surface area contributed by atoms with Crippen molar-refractivity contribution in [2.24, 2.45) is 0 Å². The molecule has 0 spiro atoms. The van der Waals surface area contributed by atoms with Gasteiger partial charge in [0, 0.05) is 57.3 Å². The van der Waals surface area contributed by atoms with Crippen LogP contribution in [-0.2, 0) is 22.6 Å². The molecule has 2 aromatic rings. The lowest BCUT2D eigenvalue weighted by molar-refractivity contribution is -0.130. The van der Waals surface area contributed by atoms with Gasteiger partial charge in [0.15, 0.2) is 5.01 Å². The highest BCUT2D eigenvalue weighted by Gasteiger charge is 2.26. The molecule has 2 N–H and O–H groups in total. The SMILES string of the molecule is CN1CCc2nc(C(=O)NC(CNC(=O)/C=C/c3ccc(Cl)cn3)C(=O)N(C)C)sc2C1. The van der Waals surface area contributed by atoms with E-state index in [4.69, 9.17) is 11.6 Å². The van der Waals surface area contributed by atoms with Crippen molar-refractivity contribution in [3.05, 3.63) is 50.7 Å². The summed E-state index contributed by atoms with van der Waals surface area (Å²) in [4.78, 5) is 50.7. The molecular weight excluding hydrogens is 452 g/mol. The van der Waals surface area contributed by atoms with E-state index in [1.54, 1.807) is 26.2 Å². The van der Waals surface area contributed by atoms with Gasteiger partial charge in [0.25, 0.3) is 5.91 Å². The summed E-state index contributed by atoms with van der Waals surface area (Å²) in [6.45, 7) is 1.59. The molecule has 1 unspecified atom stereocenters. The van der Waals surface area contributed by atoms with Gasteiger partial charge in [0.1, 0.15) is 6.04 Å². The number of aromatic nitrogens is 2. The summed E-state index contributed by atoms with van der Waals surface area (Å²) in [6, 6.07) is 2.42. The van der Waals surface area contributed by atoms with Gasteiger partial charge in [0.2, 0.25) is 11.8 Å². The van der Waals surface area contributed by atoms with Crippen molar-refractivity contribution in [2.45, 2.75) is 19.0 Å². The highest BCUT2D eigenvalue weighted by Crippen LogP contribution is 2.24. The number of nitrogens with zero attached hydrogens (tertiary/aromatic N) is 4. The van der Waals surface area contributed by atoms with E-state index in [0.717, 1.165) is 30.1 Å². The number of pyridine rings is 1. The van der Waals surface area contributed by atoms with E-state index >= 15 is 0 Å². The van der Waals surface area contributed by atoms with Crippen LogP contribution in [0, 0.1) is 0 Å². The zero-order chi connectivity index (χ0) is 23.3. The number of carbonyl (C=O) groups is 3. The summed E-state index contributed by atoms with van der Waals surface area (Å²) in [6.07, 6.45) is 5.11. The van der Waals surface area contributed by atoms with Crippen LogP contribution in [0.3, 0.4) is 0 Å². The lowest BCUT2D eigenvalue weighted by Crippen LogP contribution is -2.52. The van der Waals surface area contributed by atoms with Crippen LogP contribution in [0.1, 0.15) is 26.1 Å². The summed E-state index contributed by atoms with van der Waals surface area (Å²) in [7, 11) is 5.20. The molecule has 0 saturated carbocycles. The Kier molecular flexibility index (Phi) is 7.94. The average molecular weight is 477 g/mol. The summed E-state index contributed by atoms with van der Waals surface area (Å²) in [5.74, 6) is -1.18. The van der Waals surface area contributed by atoms with Crippen LogP contribution in [0.15, 0.2) is 24.4 Å². The summed E-state index contributed by atoms with van der Waals surface area (Å²) < 4.78 is 0. The number of hydrogen-bond donors (Lipinski definition) is 2. The van der Waals surface area contributed by atoms with Crippen LogP contribution < -0.4 is 10.6 Å². The first-order valence-electron chi connectivity index (χ1n) is 9.99. The Labute approximate surface area is 195 Å². The second-order valence-corrected chi connectivity index (χ2v) is 9.14. The third-order valence-corrected chi connectivity index (χ3v) is 6.10. The number of rotatable bonds is 7. The van der Waals surface area contributed by atoms with Crippen LogP contribution in [0.2, 0.25) is 5.02 Å². The standard InChI is InChI=1S/C21H25ClN6O3S/c1-27(2)21(31)16(11-24-18(29)7-6-14-5-4-13(22)10-23-14)25-19(30)20-26-15-8-9-28(3)12-17(15)32-20/h4-7,10,16H,8-9,11-12H2,1-3H3,(H,24,29)(H,25,30)/b7-6+. The quantitative estimate of drug-likeness (QED) is 0.581. The number of fused-ring (bicyclic) bond motifs is 1. The van der Waals surface area contributed by atoms with Gasteiger partial charge in [-0.25, -0.2) is 4.98 Å². The molecule has 2 aromatic heterocycles. The van der Waals surface area contributed by atoms with E-state index in [2.05, 4.69) is 25.5 Å². The largest absolute Gasteiger partial charge is 0.350 e. The molecule has 32 heavy (non-hydrogen) atoms. The van der Waals surface area contributed by atoms with Crippen molar-refractivity contribution in [3.8, 4) is 0 Å². The molecule has 0 aromatic carbocycles. The molecule has 0 bridgehead atoms. The van der Waals surface area contributed by atoms with Crippen LogP contribution in [0.5, 0.6) is 0 Å². The monoisotopic (exact) mass is 476 g/mol. The Morgan fingerprint density at radius 1 is 1.34 bits per heavy atom. The van der Waals surface area contributed by atoms with Crippen molar-refractivity contribution >= 4 is 46.7 Å². The van der Waals surface area contributed by atoms with Crippen LogP contribution in [0.25, 0.3) is 6.08 Å². The molecule has 9 nitrogen and oxygen atoms in total. The van der Waals surface area contributed by atoms with E-state index in [1.807, 2.05) is 7.05 Å². The number of thiazole rings is 1. The van der Waals surface area contributed by atoms with Crippen molar-refractivity contribution in [1.29, 1.82) is 0 Å². The van der Waals surface area contributed by atoms with E-state index in [9.17, 15) is 14.4 Å². The zero-order valence-electron chi connectivity index (χ0n) is 18.1. The van der Waals surface area contributed by atoms with E-state index in [0.29, 0.717) is 15.7 Å². The smallest absolute Gasteiger partial charge is 0.280 e. The van der Waals surface area contributed by atoms with Gasteiger partial charge in [-0.05, 0) is 25.3 Å². The molecule has 3 rings (SSSR count). The minimum absolute atomic E-state index is 0.0617. The molecule has 1 atom stereocenters. The fraction of sp³-hybridized carbons (Fsp3) is 0.381. The molecule has 3 amide bonds. The number of likely N-dealkylation sites (N-methyl/N-ethyl adjacent to an activating group) is 2. The molecule has 170 valence electrons. The normalized spacial score (nSPS) is 14.6. The summed E-state index contributed by atoms with van der Waals surface area (Å²) in [5.41, 5.74) is 1.50. The predicted octanol–water partition coefficient (Wildman–Crippen LogP) is 1.20. The predicted molar refractivity (Wildman–Crippen MR) is 123 cm³/mol. The number of nitrogens with one attached hydrogen (secondary N) is 2. The fourth-order valence-electron chi connectivity index (χ4n) is 3.06. The maximum atomic E-state index is 12.8. The molecule has 11 heteroatoms. The maximum absolute atomic E-state index is 12.8. The van der Waals surface area contributed by atoms with Gasteiger partial charge in [-0.15, -0.1) is 11.3 Å². The lowest BCUT2D eigenvalue weighted by Gasteiger charge is -2.21. The molecule has 1 aliphatic rings. The van der Waals surface area contributed by atoms with Gasteiger partial charge < -0.3 is 20.4 Å². The Hall–Kier alpha value is -2.82. The Morgan fingerprint density at radius 2 is 2.12 bits per heavy atom. The van der Waals surface area contributed by atoms with Crippen molar-refractivity contribution in [3.63, 3.8) is 0 Å². The Bertz CT molecular complexity index is 1020. The molecule has 0 radical (unpaired) electrons. The second kappa shape index (κ2) is 10.7. The first-order valence-corrected chi connectivity index (χ1v) is 11.2. The fourth-order valence-corrected chi connectivity index (χ4v) is 4.26. The van der Waals surface area contributed by atoms with Gasteiger partial charge in [0.05, 0.1) is 16.4 Å². The molecule has 0 fully saturated rings. The van der Waals surface area contributed by atoms with E-state index < -0.39 is 17.9 Å². The highest BCUT2D eigenvalue weighted by atomic mass is 35.5. The van der Waals surface area contributed by atoms with Crippen molar-refractivity contribution in [2.75, 3.05) is 34.2 Å². The van der Waals surface area contributed by atoms with E-state index in [1.165, 1.54) is 34.6 Å². The zero-order valence-corrected chi connectivity index (χ0v) is 19.7. The van der Waals surface area contributed by atoms with Crippen molar-refractivity contribution in [1.82, 2.24) is 30.4 Å². The topological polar surface area (TPSA) is 108 Å². The van der Waals surface area contributed by atoms with Crippen LogP contribution in [-0.4, -0.2) is 77.8 Å². The number of hydrogen-bond acceptors (Lipinski definition) is 7. The molecule has 1 aliphatic heterocycles. The molecule has 0 saturated heterocycles. The summed E-state index contributed by atoms with van der Waals surface area (Å²) in [5, 5.41) is 6.18. The number of halogens is 1.